The van der Waals surface area contributed by atoms with Crippen molar-refractivity contribution in [1.82, 2.24) is 0 Å². The van der Waals surface area contributed by atoms with Crippen molar-refractivity contribution < 1.29 is 0 Å². The molecule has 0 atom stereocenters. The van der Waals surface area contributed by atoms with E-state index in [1.807, 2.05) is 11.3 Å². The molecule has 1 aromatic carbocycles. The summed E-state index contributed by atoms with van der Waals surface area (Å²) in [7, 11) is 0. The molecule has 1 N–H and O–H groups in total. The van der Waals surface area contributed by atoms with Gasteiger partial charge in [0, 0.05) is 22.8 Å². The second-order valence-corrected chi connectivity index (χ2v) is 5.84. The van der Waals surface area contributed by atoms with Gasteiger partial charge in [-0.05, 0) is 30.7 Å². The number of nitrogens with zero attached hydrogens (tertiary/aromatic N) is 1. The van der Waals surface area contributed by atoms with Gasteiger partial charge in [-0.25, -0.2) is 0 Å². The van der Waals surface area contributed by atoms with Gasteiger partial charge in [-0.3, -0.25) is 0 Å². The normalized spacial score (nSPS) is 14.2. The van der Waals surface area contributed by atoms with Gasteiger partial charge in [0.2, 0.25) is 0 Å². The number of para-hydroxylation sites is 2. The molecule has 0 saturated carbocycles. The summed E-state index contributed by atoms with van der Waals surface area (Å²) in [6.45, 7) is 5.36. The van der Waals surface area contributed by atoms with Crippen LogP contribution in [0.1, 0.15) is 16.7 Å². The molecule has 0 unspecified atom stereocenters. The Morgan fingerprint density at radius 1 is 1.17 bits per heavy atom. The van der Waals surface area contributed by atoms with E-state index in [1.165, 1.54) is 21.1 Å². The summed E-state index contributed by atoms with van der Waals surface area (Å²) < 4.78 is 0. The lowest BCUT2D eigenvalue weighted by Crippen LogP contribution is -2.33. The Bertz CT molecular complexity index is 533. The third kappa shape index (κ3) is 2.23. The average Bonchev–Trinajstić information content (AvgIpc) is 2.87. The summed E-state index contributed by atoms with van der Waals surface area (Å²) in [5.74, 6) is 0. The van der Waals surface area contributed by atoms with E-state index >= 15 is 0 Å². The Morgan fingerprint density at radius 3 is 2.83 bits per heavy atom. The molecule has 2 nitrogen and oxygen atoms in total. The summed E-state index contributed by atoms with van der Waals surface area (Å²) in [6, 6.07) is 13.1. The molecule has 0 spiro atoms. The largest absolute Gasteiger partial charge is 0.382 e. The number of nitrogens with one attached hydrogen (secondary N) is 1. The van der Waals surface area contributed by atoms with Crippen molar-refractivity contribution in [2.45, 2.75) is 19.9 Å². The molecule has 0 aliphatic carbocycles. The van der Waals surface area contributed by atoms with E-state index < -0.39 is 0 Å². The Kier molecular flexibility index (Phi) is 3.24. The summed E-state index contributed by atoms with van der Waals surface area (Å²) in [5, 5.41) is 3.46. The first-order valence-electron chi connectivity index (χ1n) is 6.52. The zero-order valence-electron chi connectivity index (χ0n) is 10.6. The molecule has 0 fully saturated rings. The van der Waals surface area contributed by atoms with E-state index in [1.54, 1.807) is 0 Å². The molecule has 1 aromatic heterocycles. The SMILES string of the molecule is CCc1ccc(CN2CCNc3ccccc32)s1. The second-order valence-electron chi connectivity index (χ2n) is 4.59. The number of benzene rings is 1. The first kappa shape index (κ1) is 11.6. The fourth-order valence-electron chi connectivity index (χ4n) is 2.39. The number of hydrogen-bond donors (Lipinski definition) is 1. The third-order valence-corrected chi connectivity index (χ3v) is 4.57. The van der Waals surface area contributed by atoms with Crippen molar-refractivity contribution in [2.24, 2.45) is 0 Å². The van der Waals surface area contributed by atoms with Gasteiger partial charge in [-0.15, -0.1) is 11.3 Å². The van der Waals surface area contributed by atoms with Crippen molar-refractivity contribution in [2.75, 3.05) is 23.3 Å². The van der Waals surface area contributed by atoms with Crippen LogP contribution in [0.3, 0.4) is 0 Å². The monoisotopic (exact) mass is 258 g/mol. The highest BCUT2D eigenvalue weighted by molar-refractivity contribution is 7.12. The summed E-state index contributed by atoms with van der Waals surface area (Å²) in [6.07, 6.45) is 1.14. The van der Waals surface area contributed by atoms with Crippen LogP contribution in [-0.2, 0) is 13.0 Å². The number of aryl methyl sites for hydroxylation is 1. The molecule has 3 heteroatoms. The number of anilines is 2. The smallest absolute Gasteiger partial charge is 0.0605 e. The number of fused-ring (bicyclic) bond motifs is 1. The van der Waals surface area contributed by atoms with Gasteiger partial charge >= 0.3 is 0 Å². The van der Waals surface area contributed by atoms with Crippen LogP contribution in [0, 0.1) is 0 Å². The van der Waals surface area contributed by atoms with Crippen LogP contribution in [0.5, 0.6) is 0 Å². The molecule has 3 rings (SSSR count). The number of rotatable bonds is 3. The lowest BCUT2D eigenvalue weighted by molar-refractivity contribution is 0.795. The highest BCUT2D eigenvalue weighted by Crippen LogP contribution is 2.30. The van der Waals surface area contributed by atoms with E-state index in [9.17, 15) is 0 Å². The van der Waals surface area contributed by atoms with Crippen molar-refractivity contribution in [3.63, 3.8) is 0 Å². The van der Waals surface area contributed by atoms with Crippen LogP contribution in [0.2, 0.25) is 0 Å². The maximum Gasteiger partial charge on any atom is 0.0605 e. The Morgan fingerprint density at radius 2 is 2.00 bits per heavy atom. The van der Waals surface area contributed by atoms with Gasteiger partial charge in [0.25, 0.3) is 0 Å². The molecular weight excluding hydrogens is 240 g/mol. The van der Waals surface area contributed by atoms with Crippen molar-refractivity contribution in [1.29, 1.82) is 0 Å². The Balaban J connectivity index is 1.81. The van der Waals surface area contributed by atoms with Crippen LogP contribution in [0.4, 0.5) is 11.4 Å². The van der Waals surface area contributed by atoms with Gasteiger partial charge in [-0.1, -0.05) is 19.1 Å². The van der Waals surface area contributed by atoms with Gasteiger partial charge in [0.05, 0.1) is 17.9 Å². The minimum atomic E-state index is 1.03. The Hall–Kier alpha value is -1.48. The van der Waals surface area contributed by atoms with Crippen molar-refractivity contribution in [3.8, 4) is 0 Å². The molecule has 1 aliphatic heterocycles. The Labute approximate surface area is 112 Å². The quantitative estimate of drug-likeness (QED) is 0.902. The highest BCUT2D eigenvalue weighted by atomic mass is 32.1. The first-order chi connectivity index (χ1) is 8.86. The summed E-state index contributed by atoms with van der Waals surface area (Å²) >= 11 is 1.94. The molecule has 2 aromatic rings. The minimum absolute atomic E-state index is 1.03. The number of thiophene rings is 1. The molecule has 94 valence electrons. The van der Waals surface area contributed by atoms with E-state index in [0.29, 0.717) is 0 Å². The molecule has 0 bridgehead atoms. The minimum Gasteiger partial charge on any atom is -0.382 e. The maximum absolute atomic E-state index is 3.46. The van der Waals surface area contributed by atoms with E-state index in [2.05, 4.69) is 53.5 Å². The van der Waals surface area contributed by atoms with Crippen molar-refractivity contribution >= 4 is 22.7 Å². The fraction of sp³-hybridized carbons (Fsp3) is 0.333. The average molecular weight is 258 g/mol. The van der Waals surface area contributed by atoms with Gasteiger partial charge in [0.1, 0.15) is 0 Å². The van der Waals surface area contributed by atoms with Crippen LogP contribution in [0.15, 0.2) is 36.4 Å². The lowest BCUT2D eigenvalue weighted by Gasteiger charge is -2.31. The number of hydrogen-bond acceptors (Lipinski definition) is 3. The highest BCUT2D eigenvalue weighted by Gasteiger charge is 2.16. The molecule has 0 amide bonds. The third-order valence-electron chi connectivity index (χ3n) is 3.35. The standard InChI is InChI=1S/C15H18N2S/c1-2-12-7-8-13(18-12)11-17-10-9-16-14-5-3-4-6-15(14)17/h3-8,16H,2,9-11H2,1H3. The summed E-state index contributed by atoms with van der Waals surface area (Å²) in [5.41, 5.74) is 2.59. The molecule has 0 saturated heterocycles. The van der Waals surface area contributed by atoms with Gasteiger partial charge < -0.3 is 10.2 Å². The molecular formula is C15H18N2S. The molecule has 1 aliphatic rings. The van der Waals surface area contributed by atoms with Crippen LogP contribution < -0.4 is 10.2 Å². The van der Waals surface area contributed by atoms with Crippen LogP contribution in [-0.4, -0.2) is 13.1 Å². The summed E-state index contributed by atoms with van der Waals surface area (Å²) in [4.78, 5) is 5.41. The molecule has 18 heavy (non-hydrogen) atoms. The molecule has 0 radical (unpaired) electrons. The van der Waals surface area contributed by atoms with E-state index in [4.69, 9.17) is 0 Å². The lowest BCUT2D eigenvalue weighted by atomic mass is 10.2. The van der Waals surface area contributed by atoms with Gasteiger partial charge in [-0.2, -0.15) is 0 Å². The van der Waals surface area contributed by atoms with Gasteiger partial charge in [0.15, 0.2) is 0 Å². The first-order valence-corrected chi connectivity index (χ1v) is 7.34. The topological polar surface area (TPSA) is 15.3 Å². The second kappa shape index (κ2) is 5.02. The van der Waals surface area contributed by atoms with E-state index in [-0.39, 0.29) is 0 Å². The fourth-order valence-corrected chi connectivity index (χ4v) is 3.37. The van der Waals surface area contributed by atoms with Crippen molar-refractivity contribution in [3.05, 3.63) is 46.2 Å². The zero-order valence-corrected chi connectivity index (χ0v) is 11.5. The van der Waals surface area contributed by atoms with Crippen LogP contribution >= 0.6 is 11.3 Å². The van der Waals surface area contributed by atoms with E-state index in [0.717, 1.165) is 26.1 Å². The zero-order chi connectivity index (χ0) is 12.4. The predicted molar refractivity (Wildman–Crippen MR) is 79.7 cm³/mol. The maximum atomic E-state index is 3.46. The molecule has 2 heterocycles. The predicted octanol–water partition coefficient (Wildman–Crippen LogP) is 3.74. The van der Waals surface area contributed by atoms with Crippen LogP contribution in [0.25, 0.3) is 0 Å².